The minimum absolute atomic E-state index is 0. The highest BCUT2D eigenvalue weighted by Gasteiger charge is 2.24. The van der Waals surface area contributed by atoms with Crippen molar-refractivity contribution >= 4 is 12.4 Å². The van der Waals surface area contributed by atoms with Crippen LogP contribution in [0.1, 0.15) is 37.3 Å². The van der Waals surface area contributed by atoms with Crippen molar-refractivity contribution in [2.75, 3.05) is 26.2 Å². The number of unbranched alkanes of at least 4 members (excludes halogenated alkanes) is 2. The Kier molecular flexibility index (Phi) is 8.66. The number of nitrogens with zero attached hydrogens (tertiary/aromatic N) is 1. The molecular formula is C17H24ClF3N2. The third-order valence-corrected chi connectivity index (χ3v) is 4.12. The molecule has 1 heterocycles. The van der Waals surface area contributed by atoms with E-state index in [1.54, 1.807) is 0 Å². The van der Waals surface area contributed by atoms with Crippen LogP contribution in [0.25, 0.3) is 0 Å². The fourth-order valence-electron chi connectivity index (χ4n) is 2.95. The third-order valence-electron chi connectivity index (χ3n) is 4.12. The summed E-state index contributed by atoms with van der Waals surface area (Å²) in [6.07, 6.45) is 5.55. The Hall–Kier alpha value is -1.04. The summed E-state index contributed by atoms with van der Waals surface area (Å²) >= 11 is 0. The van der Waals surface area contributed by atoms with Crippen LogP contribution in [0.15, 0.2) is 24.8 Å². The maximum absolute atomic E-state index is 13.6. The van der Waals surface area contributed by atoms with Crippen LogP contribution in [-0.2, 0) is 0 Å². The van der Waals surface area contributed by atoms with Crippen LogP contribution in [0.5, 0.6) is 0 Å². The van der Waals surface area contributed by atoms with Crippen LogP contribution in [0, 0.1) is 17.5 Å². The van der Waals surface area contributed by atoms with Gasteiger partial charge in [-0.1, -0.05) is 12.5 Å². The molecule has 1 N–H and O–H groups in total. The molecule has 1 aliphatic rings. The lowest BCUT2D eigenvalue weighted by Gasteiger charge is -2.35. The second-order valence-electron chi connectivity index (χ2n) is 5.67. The predicted octanol–water partition coefficient (Wildman–Crippen LogP) is 4.22. The standard InChI is InChI=1S/C17H23F3N2.ClH/c1-2-3-4-5-6-16(22-9-7-21-8-10-22)13-11-14(18)17(20)15(19)12-13;/h2,11-12,16,21H,1,3-10H2;1H/t16-;/m1./s1. The first-order chi connectivity index (χ1) is 10.6. The summed E-state index contributed by atoms with van der Waals surface area (Å²) in [5, 5.41) is 3.27. The molecule has 0 aromatic heterocycles. The zero-order valence-corrected chi connectivity index (χ0v) is 14.0. The van der Waals surface area contributed by atoms with E-state index in [-0.39, 0.29) is 18.4 Å². The van der Waals surface area contributed by atoms with Gasteiger partial charge >= 0.3 is 0 Å². The minimum Gasteiger partial charge on any atom is -0.314 e. The van der Waals surface area contributed by atoms with E-state index in [1.807, 2.05) is 6.08 Å². The number of halogens is 4. The molecule has 2 nitrogen and oxygen atoms in total. The topological polar surface area (TPSA) is 15.3 Å². The van der Waals surface area contributed by atoms with E-state index in [9.17, 15) is 13.2 Å². The summed E-state index contributed by atoms with van der Waals surface area (Å²) in [6.45, 7) is 7.06. The molecule has 0 amide bonds. The Balaban J connectivity index is 0.00000264. The first kappa shape index (κ1) is 20.0. The van der Waals surface area contributed by atoms with Gasteiger partial charge in [-0.3, -0.25) is 4.90 Å². The molecule has 23 heavy (non-hydrogen) atoms. The molecule has 1 saturated heterocycles. The van der Waals surface area contributed by atoms with Gasteiger partial charge < -0.3 is 5.32 Å². The van der Waals surface area contributed by atoms with E-state index in [0.29, 0.717) is 5.56 Å². The van der Waals surface area contributed by atoms with E-state index >= 15 is 0 Å². The molecule has 0 spiro atoms. The number of hydrogen-bond acceptors (Lipinski definition) is 2. The summed E-state index contributed by atoms with van der Waals surface area (Å²) in [5.74, 6) is -3.61. The van der Waals surface area contributed by atoms with Gasteiger partial charge in [0.2, 0.25) is 0 Å². The van der Waals surface area contributed by atoms with E-state index in [0.717, 1.165) is 64.0 Å². The van der Waals surface area contributed by atoms with Crippen molar-refractivity contribution in [3.8, 4) is 0 Å². The molecule has 1 aromatic rings. The van der Waals surface area contributed by atoms with Crippen LogP contribution in [0.3, 0.4) is 0 Å². The third kappa shape index (κ3) is 5.52. The quantitative estimate of drug-likeness (QED) is 0.451. The Morgan fingerprint density at radius 3 is 2.30 bits per heavy atom. The van der Waals surface area contributed by atoms with Gasteiger partial charge in [-0.15, -0.1) is 19.0 Å². The summed E-state index contributed by atoms with van der Waals surface area (Å²) in [6, 6.07) is 2.20. The molecule has 1 fully saturated rings. The van der Waals surface area contributed by atoms with Gasteiger partial charge in [0.05, 0.1) is 0 Å². The lowest BCUT2D eigenvalue weighted by atomic mass is 9.97. The Morgan fingerprint density at radius 2 is 1.74 bits per heavy atom. The van der Waals surface area contributed by atoms with Gasteiger partial charge in [-0.05, 0) is 37.0 Å². The summed E-state index contributed by atoms with van der Waals surface area (Å²) in [4.78, 5) is 2.22. The molecule has 1 aliphatic heterocycles. The lowest BCUT2D eigenvalue weighted by Crippen LogP contribution is -2.45. The molecule has 0 saturated carbocycles. The average molecular weight is 349 g/mol. The zero-order valence-electron chi connectivity index (χ0n) is 13.2. The van der Waals surface area contributed by atoms with Gasteiger partial charge in [0.1, 0.15) is 0 Å². The van der Waals surface area contributed by atoms with Gasteiger partial charge in [0, 0.05) is 32.2 Å². The predicted molar refractivity (Wildman–Crippen MR) is 89.4 cm³/mol. The molecule has 6 heteroatoms. The second kappa shape index (κ2) is 9.96. The van der Waals surface area contributed by atoms with Crippen molar-refractivity contribution < 1.29 is 13.2 Å². The van der Waals surface area contributed by atoms with E-state index in [2.05, 4.69) is 16.8 Å². The van der Waals surface area contributed by atoms with Gasteiger partial charge in [-0.25, -0.2) is 13.2 Å². The molecule has 0 unspecified atom stereocenters. The Morgan fingerprint density at radius 1 is 1.13 bits per heavy atom. The van der Waals surface area contributed by atoms with Gasteiger partial charge in [0.25, 0.3) is 0 Å². The van der Waals surface area contributed by atoms with Crippen molar-refractivity contribution in [3.63, 3.8) is 0 Å². The fourth-order valence-corrected chi connectivity index (χ4v) is 2.95. The van der Waals surface area contributed by atoms with Crippen LogP contribution in [-0.4, -0.2) is 31.1 Å². The molecule has 130 valence electrons. The van der Waals surface area contributed by atoms with Gasteiger partial charge in [-0.2, -0.15) is 0 Å². The molecule has 2 rings (SSSR count). The molecule has 1 aromatic carbocycles. The van der Waals surface area contributed by atoms with Crippen molar-refractivity contribution in [1.29, 1.82) is 0 Å². The maximum atomic E-state index is 13.6. The minimum atomic E-state index is -1.39. The van der Waals surface area contributed by atoms with Crippen LogP contribution < -0.4 is 5.32 Å². The Labute approximate surface area is 142 Å². The molecule has 0 radical (unpaired) electrons. The highest BCUT2D eigenvalue weighted by Crippen LogP contribution is 2.29. The molecule has 0 bridgehead atoms. The lowest BCUT2D eigenvalue weighted by molar-refractivity contribution is 0.162. The molecule has 1 atom stereocenters. The smallest absolute Gasteiger partial charge is 0.194 e. The van der Waals surface area contributed by atoms with E-state index in [4.69, 9.17) is 0 Å². The monoisotopic (exact) mass is 348 g/mol. The van der Waals surface area contributed by atoms with E-state index < -0.39 is 17.5 Å². The molecular weight excluding hydrogens is 325 g/mol. The Bertz CT molecular complexity index is 482. The largest absolute Gasteiger partial charge is 0.314 e. The fraction of sp³-hybridized carbons (Fsp3) is 0.529. The van der Waals surface area contributed by atoms with Gasteiger partial charge in [0.15, 0.2) is 17.5 Å². The van der Waals surface area contributed by atoms with Crippen LogP contribution in [0.4, 0.5) is 13.2 Å². The van der Waals surface area contributed by atoms with Crippen molar-refractivity contribution in [3.05, 3.63) is 47.8 Å². The summed E-state index contributed by atoms with van der Waals surface area (Å²) < 4.78 is 40.3. The SMILES string of the molecule is C=CCCCC[C@H](c1cc(F)c(F)c(F)c1)N1CCNCC1.Cl. The van der Waals surface area contributed by atoms with Crippen molar-refractivity contribution in [2.45, 2.75) is 31.7 Å². The number of benzene rings is 1. The van der Waals surface area contributed by atoms with Crippen LogP contribution in [0.2, 0.25) is 0 Å². The summed E-state index contributed by atoms with van der Waals surface area (Å²) in [5.41, 5.74) is 0.525. The summed E-state index contributed by atoms with van der Waals surface area (Å²) in [7, 11) is 0. The number of hydrogen-bond donors (Lipinski definition) is 1. The number of piperazine rings is 1. The normalized spacial score (nSPS) is 16.7. The highest BCUT2D eigenvalue weighted by molar-refractivity contribution is 5.85. The number of nitrogens with one attached hydrogen (secondary N) is 1. The van der Waals surface area contributed by atoms with Crippen molar-refractivity contribution in [1.82, 2.24) is 10.2 Å². The first-order valence-electron chi connectivity index (χ1n) is 7.83. The van der Waals surface area contributed by atoms with Crippen molar-refractivity contribution in [2.24, 2.45) is 0 Å². The average Bonchev–Trinajstić information content (AvgIpc) is 2.53. The number of rotatable bonds is 7. The first-order valence-corrected chi connectivity index (χ1v) is 7.83. The highest BCUT2D eigenvalue weighted by atomic mass is 35.5. The van der Waals surface area contributed by atoms with E-state index in [1.165, 1.54) is 0 Å². The molecule has 0 aliphatic carbocycles. The number of allylic oxidation sites excluding steroid dienone is 1. The zero-order chi connectivity index (χ0) is 15.9. The van der Waals surface area contributed by atoms with Crippen LogP contribution >= 0.6 is 12.4 Å². The maximum Gasteiger partial charge on any atom is 0.194 e. The second-order valence-corrected chi connectivity index (χ2v) is 5.67.